The first-order valence-corrected chi connectivity index (χ1v) is 7.58. The van der Waals surface area contributed by atoms with Crippen LogP contribution in [0.3, 0.4) is 0 Å². The van der Waals surface area contributed by atoms with Crippen LogP contribution in [0.1, 0.15) is 22.3 Å². The van der Waals surface area contributed by atoms with E-state index in [-0.39, 0.29) is 0 Å². The first-order valence-electron chi connectivity index (χ1n) is 7.58. The van der Waals surface area contributed by atoms with Gasteiger partial charge in [-0.1, -0.05) is 24.3 Å². The summed E-state index contributed by atoms with van der Waals surface area (Å²) in [6.07, 6.45) is 8.24. The summed E-state index contributed by atoms with van der Waals surface area (Å²) in [7, 11) is 6.55. The fraction of sp³-hybridized carbons (Fsp3) is 0.200. The highest BCUT2D eigenvalue weighted by atomic mass is 16.5. The zero-order valence-corrected chi connectivity index (χ0v) is 14.3. The second kappa shape index (κ2) is 6.71. The smallest absolute Gasteiger partial charge is 0.161 e. The molecule has 2 aromatic carbocycles. The summed E-state index contributed by atoms with van der Waals surface area (Å²) < 4.78 is 21.6. The molecule has 24 heavy (non-hydrogen) atoms. The number of ether oxygens (including phenoxy) is 4. The van der Waals surface area contributed by atoms with E-state index in [1.54, 1.807) is 28.4 Å². The van der Waals surface area contributed by atoms with Crippen LogP contribution in [0.5, 0.6) is 23.0 Å². The van der Waals surface area contributed by atoms with Crippen molar-refractivity contribution in [1.82, 2.24) is 0 Å². The molecule has 0 saturated carbocycles. The Hall–Kier alpha value is -2.88. The molecule has 1 aliphatic rings. The van der Waals surface area contributed by atoms with Gasteiger partial charge in [0, 0.05) is 0 Å². The van der Waals surface area contributed by atoms with Gasteiger partial charge in [0.15, 0.2) is 23.0 Å². The molecule has 0 unspecified atom stereocenters. The van der Waals surface area contributed by atoms with Crippen LogP contribution in [0, 0.1) is 0 Å². The lowest BCUT2D eigenvalue weighted by atomic mass is 9.97. The quantitative estimate of drug-likeness (QED) is 0.714. The highest BCUT2D eigenvalue weighted by Crippen LogP contribution is 2.36. The topological polar surface area (TPSA) is 36.9 Å². The molecule has 0 N–H and O–H groups in total. The second-order valence-corrected chi connectivity index (χ2v) is 5.34. The molecule has 0 fully saturated rings. The van der Waals surface area contributed by atoms with E-state index >= 15 is 0 Å². The van der Waals surface area contributed by atoms with Gasteiger partial charge in [-0.15, -0.1) is 0 Å². The van der Waals surface area contributed by atoms with Crippen molar-refractivity contribution < 1.29 is 18.9 Å². The number of fused-ring (bicyclic) bond motifs is 2. The molecule has 0 spiro atoms. The van der Waals surface area contributed by atoms with Crippen LogP contribution in [0.25, 0.3) is 24.3 Å². The van der Waals surface area contributed by atoms with E-state index in [1.165, 1.54) is 0 Å². The van der Waals surface area contributed by atoms with E-state index in [0.29, 0.717) is 23.0 Å². The molecule has 0 saturated heterocycles. The van der Waals surface area contributed by atoms with Crippen molar-refractivity contribution in [2.24, 2.45) is 0 Å². The Bertz CT molecular complexity index is 683. The van der Waals surface area contributed by atoms with Gasteiger partial charge in [0.2, 0.25) is 0 Å². The largest absolute Gasteiger partial charge is 0.493 e. The summed E-state index contributed by atoms with van der Waals surface area (Å²) >= 11 is 0. The third-order valence-corrected chi connectivity index (χ3v) is 4.06. The summed E-state index contributed by atoms with van der Waals surface area (Å²) in [5.41, 5.74) is 4.24. The lowest BCUT2D eigenvalue weighted by Gasteiger charge is -2.14. The molecule has 0 radical (unpaired) electrons. The van der Waals surface area contributed by atoms with Crippen LogP contribution < -0.4 is 18.9 Å². The molecule has 0 aliphatic heterocycles. The standard InChI is InChI=1S/C20H20O4/c1-21-17-9-13-5-6-15-11-19(23-3)20(24-4)12-16(15)8-7-14(13)10-18(17)22-2/h5-12H,1-4H3/b6-5-,8-7-,13-5?,14-7?,15-6?,16-8?. The van der Waals surface area contributed by atoms with Crippen molar-refractivity contribution >= 4 is 24.3 Å². The van der Waals surface area contributed by atoms with E-state index in [9.17, 15) is 0 Å². The lowest BCUT2D eigenvalue weighted by Crippen LogP contribution is -1.95. The van der Waals surface area contributed by atoms with Crippen molar-refractivity contribution in [3.63, 3.8) is 0 Å². The molecule has 0 bridgehead atoms. The maximum Gasteiger partial charge on any atom is 0.161 e. The molecule has 3 rings (SSSR count). The van der Waals surface area contributed by atoms with Gasteiger partial charge in [0.05, 0.1) is 28.4 Å². The summed E-state index contributed by atoms with van der Waals surface area (Å²) in [4.78, 5) is 0. The molecule has 2 aromatic rings. The van der Waals surface area contributed by atoms with Crippen LogP contribution in [-0.2, 0) is 0 Å². The zero-order chi connectivity index (χ0) is 17.1. The number of hydrogen-bond donors (Lipinski definition) is 0. The van der Waals surface area contributed by atoms with Crippen LogP contribution >= 0.6 is 0 Å². The maximum absolute atomic E-state index is 5.39. The summed E-state index contributed by atoms with van der Waals surface area (Å²) in [5.74, 6) is 2.84. The lowest BCUT2D eigenvalue weighted by molar-refractivity contribution is 0.354. The van der Waals surface area contributed by atoms with Gasteiger partial charge in [-0.2, -0.15) is 0 Å². The minimum atomic E-state index is 0.711. The van der Waals surface area contributed by atoms with Gasteiger partial charge < -0.3 is 18.9 Å². The Kier molecular flexibility index (Phi) is 4.47. The number of benzene rings is 2. The van der Waals surface area contributed by atoms with Crippen LogP contribution in [0.2, 0.25) is 0 Å². The van der Waals surface area contributed by atoms with E-state index < -0.39 is 0 Å². The normalized spacial score (nSPS) is 14.5. The molecular weight excluding hydrogens is 304 g/mol. The Balaban J connectivity index is 2.12. The van der Waals surface area contributed by atoms with Gasteiger partial charge in [-0.05, 0) is 46.5 Å². The molecule has 1 aliphatic carbocycles. The molecule has 4 heteroatoms. The predicted molar refractivity (Wildman–Crippen MR) is 96.9 cm³/mol. The average molecular weight is 324 g/mol. The molecule has 0 amide bonds. The average Bonchev–Trinajstić information content (AvgIpc) is 2.62. The van der Waals surface area contributed by atoms with Crippen LogP contribution in [-0.4, -0.2) is 28.4 Å². The minimum absolute atomic E-state index is 0.711. The van der Waals surface area contributed by atoms with Crippen LogP contribution in [0.15, 0.2) is 24.3 Å². The highest BCUT2D eigenvalue weighted by molar-refractivity contribution is 5.88. The first kappa shape index (κ1) is 16.0. The third-order valence-electron chi connectivity index (χ3n) is 4.06. The first-order chi connectivity index (χ1) is 11.7. The fourth-order valence-corrected chi connectivity index (χ4v) is 2.76. The van der Waals surface area contributed by atoms with Gasteiger partial charge in [0.1, 0.15) is 0 Å². The number of rotatable bonds is 4. The van der Waals surface area contributed by atoms with Gasteiger partial charge in [-0.3, -0.25) is 0 Å². The molecule has 0 heterocycles. The number of hydrogen-bond acceptors (Lipinski definition) is 4. The Morgan fingerprint density at radius 3 is 0.792 bits per heavy atom. The van der Waals surface area contributed by atoms with Crippen molar-refractivity contribution in [2.75, 3.05) is 28.4 Å². The van der Waals surface area contributed by atoms with E-state index in [1.807, 2.05) is 24.3 Å². The Morgan fingerprint density at radius 1 is 0.417 bits per heavy atom. The molecule has 4 nitrogen and oxygen atoms in total. The molecular formula is C20H20O4. The number of methoxy groups -OCH3 is 4. The van der Waals surface area contributed by atoms with Crippen LogP contribution in [0.4, 0.5) is 0 Å². The second-order valence-electron chi connectivity index (χ2n) is 5.34. The molecule has 0 aromatic heterocycles. The summed E-state index contributed by atoms with van der Waals surface area (Å²) in [5, 5.41) is 0. The molecule has 0 atom stereocenters. The van der Waals surface area contributed by atoms with Crippen molar-refractivity contribution in [1.29, 1.82) is 0 Å². The van der Waals surface area contributed by atoms with Crippen molar-refractivity contribution in [3.05, 3.63) is 46.5 Å². The summed E-state index contributed by atoms with van der Waals surface area (Å²) in [6, 6.07) is 7.89. The zero-order valence-electron chi connectivity index (χ0n) is 14.3. The van der Waals surface area contributed by atoms with E-state index in [0.717, 1.165) is 22.3 Å². The molecule has 124 valence electrons. The fourth-order valence-electron chi connectivity index (χ4n) is 2.76. The maximum atomic E-state index is 5.39. The predicted octanol–water partition coefficient (Wildman–Crippen LogP) is 4.38. The van der Waals surface area contributed by atoms with E-state index in [4.69, 9.17) is 18.9 Å². The van der Waals surface area contributed by atoms with E-state index in [2.05, 4.69) is 24.3 Å². The third kappa shape index (κ3) is 2.83. The van der Waals surface area contributed by atoms with Gasteiger partial charge in [-0.25, -0.2) is 0 Å². The summed E-state index contributed by atoms with van der Waals surface area (Å²) in [6.45, 7) is 0. The van der Waals surface area contributed by atoms with Crippen molar-refractivity contribution in [2.45, 2.75) is 0 Å². The Labute approximate surface area is 141 Å². The monoisotopic (exact) mass is 324 g/mol. The highest BCUT2D eigenvalue weighted by Gasteiger charge is 2.12. The van der Waals surface area contributed by atoms with Gasteiger partial charge in [0.25, 0.3) is 0 Å². The Morgan fingerprint density at radius 2 is 0.625 bits per heavy atom. The van der Waals surface area contributed by atoms with Crippen molar-refractivity contribution in [3.8, 4) is 23.0 Å². The van der Waals surface area contributed by atoms with Gasteiger partial charge >= 0.3 is 0 Å². The minimum Gasteiger partial charge on any atom is -0.493 e. The SMILES string of the molecule is COc1cc2c(cc1OC)/C=C\c1cc(OC)c(OC)cc1/C=C\2.